The average molecular weight is 1400 g/mol. The van der Waals surface area contributed by atoms with Crippen molar-refractivity contribution >= 4 is 10.4 Å². The van der Waals surface area contributed by atoms with Gasteiger partial charge in [-0.1, -0.05) is 39.3 Å². The molecular formula is C61H101NaO32S. The van der Waals surface area contributed by atoms with Crippen LogP contribution in [0, 0.1) is 40.4 Å². The normalized spacial score (nSPS) is 51.4. The Morgan fingerprint density at radius 1 is 0.589 bits per heavy atom. The minimum absolute atomic E-state index is 0. The van der Waals surface area contributed by atoms with Gasteiger partial charge in [0.05, 0.1) is 62.0 Å². The molecule has 34 heteroatoms. The number of ether oxygens (including phenoxy) is 12. The molecule has 3 saturated carbocycles. The first-order valence-corrected chi connectivity index (χ1v) is 34.3. The Labute approximate surface area is 573 Å². The Morgan fingerprint density at radius 3 is 1.66 bits per heavy atom. The molecule has 10 aliphatic rings. The first-order chi connectivity index (χ1) is 44.0. The fourth-order valence-electron chi connectivity index (χ4n) is 17.2. The molecule has 9 fully saturated rings. The summed E-state index contributed by atoms with van der Waals surface area (Å²) in [5, 5.41) is 179. The van der Waals surface area contributed by atoms with Gasteiger partial charge in [0.2, 0.25) is 10.4 Å². The zero-order valence-electron chi connectivity index (χ0n) is 54.9. The van der Waals surface area contributed by atoms with Crippen LogP contribution in [0.15, 0.2) is 11.6 Å². The van der Waals surface area contributed by atoms with E-state index in [1.54, 1.807) is 6.92 Å². The van der Waals surface area contributed by atoms with Crippen LogP contribution in [0.4, 0.5) is 0 Å². The molecule has 10 rings (SSSR count). The quantitative estimate of drug-likeness (QED) is 0.0220. The molecule has 32 nitrogen and oxygen atoms in total. The number of allylic oxidation sites excluding steroid dienone is 2. The van der Waals surface area contributed by atoms with E-state index < -0.39 is 243 Å². The molecule has 6 aliphatic heterocycles. The van der Waals surface area contributed by atoms with Gasteiger partial charge < -0.3 is 143 Å². The van der Waals surface area contributed by atoms with Crippen LogP contribution in [-0.2, 0) is 71.4 Å². The van der Waals surface area contributed by atoms with E-state index in [0.717, 1.165) is 12.0 Å². The van der Waals surface area contributed by atoms with Crippen molar-refractivity contribution in [3.8, 4) is 0 Å². The molecule has 6 heterocycles. The second kappa shape index (κ2) is 31.0. The monoisotopic (exact) mass is 1400 g/mol. The number of aliphatic hydroxyl groups excluding tert-OH is 15. The van der Waals surface area contributed by atoms with Gasteiger partial charge >= 0.3 is 29.6 Å². The Morgan fingerprint density at radius 2 is 1.08 bits per heavy atom. The topological polar surface area (TPSA) is 501 Å². The molecule has 38 atom stereocenters. The molecule has 0 aromatic heterocycles. The van der Waals surface area contributed by atoms with Crippen LogP contribution < -0.4 is 29.6 Å². The van der Waals surface area contributed by atoms with Crippen LogP contribution >= 0.6 is 0 Å². The van der Waals surface area contributed by atoms with Crippen molar-refractivity contribution in [2.75, 3.05) is 19.8 Å². The molecule has 0 radical (unpaired) electrons. The van der Waals surface area contributed by atoms with Crippen molar-refractivity contribution in [3.05, 3.63) is 11.6 Å². The summed E-state index contributed by atoms with van der Waals surface area (Å²) in [4.78, 5) is 0. The van der Waals surface area contributed by atoms with Gasteiger partial charge in [0, 0.05) is 6.42 Å². The fourth-order valence-corrected chi connectivity index (χ4v) is 17.7. The largest absolute Gasteiger partial charge is 1.00 e. The molecule has 95 heavy (non-hydrogen) atoms. The Balaban J connectivity index is 0.0000106. The van der Waals surface area contributed by atoms with E-state index in [1.807, 2.05) is 13.8 Å². The molecule has 0 unspecified atom stereocenters. The molecule has 0 spiro atoms. The number of hydrogen-bond donors (Lipinski definition) is 16. The van der Waals surface area contributed by atoms with Gasteiger partial charge in [0.25, 0.3) is 0 Å². The zero-order chi connectivity index (χ0) is 68.7. The average Bonchev–Trinajstić information content (AvgIpc) is 1.68. The molecular weight excluding hydrogens is 1300 g/mol. The minimum atomic E-state index is -5.15. The third-order valence-corrected chi connectivity index (χ3v) is 22.8. The number of rotatable bonds is 21. The van der Waals surface area contributed by atoms with Gasteiger partial charge in [0.1, 0.15) is 116 Å². The SMILES string of the molecule is CC(C)C[C@H](O)C[C@](C)(O)[C@H]1CC[C@H]2[C@@H]3C[C@H](O[C@@H]4O[C@H](C)[C@@H](O)[C@H](O[C@@H]5OC[C@@H](O[C@@H]6O[C@H](CO)[C@H](O)[C@H](O)[C@H]6O[C@@H]6O[C@H](C)[C@H](O)[C@H](O[C@@H]7O[C@@H](CO)[C@H](O)[C@H]7O)[C@H]6O)[C@H](O)[C@H]5O[C@@H]5O[C@H](C)[C@@H](O)[C@H](O)[C@H]5O)[C@H]4O)[C@H]4C[C@@H](OS(=O)(=O)[O-])CC[C@]4(C)C3=CC[C@@]21C.[Na+]. The van der Waals surface area contributed by atoms with Crippen molar-refractivity contribution in [2.45, 2.75) is 309 Å². The van der Waals surface area contributed by atoms with Crippen molar-refractivity contribution in [3.63, 3.8) is 0 Å². The first kappa shape index (κ1) is 78.6. The summed E-state index contributed by atoms with van der Waals surface area (Å²) < 4.78 is 114. The van der Waals surface area contributed by atoms with E-state index in [0.29, 0.717) is 32.1 Å². The summed E-state index contributed by atoms with van der Waals surface area (Å²) in [6.45, 7) is 11.8. The van der Waals surface area contributed by atoms with Gasteiger partial charge in [-0.3, -0.25) is 4.18 Å². The van der Waals surface area contributed by atoms with Crippen LogP contribution in [0.2, 0.25) is 0 Å². The zero-order valence-corrected chi connectivity index (χ0v) is 57.8. The maximum Gasteiger partial charge on any atom is 1.00 e. The molecule has 6 saturated heterocycles. The molecule has 0 amide bonds. The number of aliphatic hydroxyl groups is 16. The second-order valence-electron chi connectivity index (χ2n) is 29.1. The van der Waals surface area contributed by atoms with E-state index in [1.165, 1.54) is 20.8 Å². The van der Waals surface area contributed by atoms with E-state index in [4.69, 9.17) is 61.0 Å². The molecule has 4 aliphatic carbocycles. The van der Waals surface area contributed by atoms with E-state index in [-0.39, 0.29) is 72.5 Å². The Bertz CT molecular complexity index is 2650. The predicted octanol–water partition coefficient (Wildman–Crippen LogP) is -7.76. The van der Waals surface area contributed by atoms with Gasteiger partial charge in [-0.15, -0.1) is 0 Å². The van der Waals surface area contributed by atoms with E-state index in [2.05, 4.69) is 19.9 Å². The van der Waals surface area contributed by atoms with Crippen LogP contribution in [0.25, 0.3) is 0 Å². The Kier molecular flexibility index (Phi) is 25.7. The van der Waals surface area contributed by atoms with Crippen LogP contribution in [0.5, 0.6) is 0 Å². The number of fused-ring (bicyclic) bond motifs is 5. The van der Waals surface area contributed by atoms with Crippen LogP contribution in [0.3, 0.4) is 0 Å². The summed E-state index contributed by atoms with van der Waals surface area (Å²) in [6, 6.07) is 0. The summed E-state index contributed by atoms with van der Waals surface area (Å²) in [7, 11) is -5.15. The molecule has 0 bridgehead atoms. The van der Waals surface area contributed by atoms with E-state index in [9.17, 15) is 94.7 Å². The summed E-state index contributed by atoms with van der Waals surface area (Å²) in [5.41, 5.74) is -1.22. The third kappa shape index (κ3) is 16.0. The van der Waals surface area contributed by atoms with Crippen LogP contribution in [0.1, 0.15) is 113 Å². The minimum Gasteiger partial charge on any atom is -0.726 e. The molecule has 0 aromatic carbocycles. The van der Waals surface area contributed by atoms with Crippen molar-refractivity contribution < 1.29 is 185 Å². The predicted molar refractivity (Wildman–Crippen MR) is 311 cm³/mol. The maximum absolute atomic E-state index is 12.5. The molecule has 544 valence electrons. The second-order valence-corrected chi connectivity index (χ2v) is 30.1. The maximum atomic E-state index is 12.5. The molecule has 0 aromatic rings. The smallest absolute Gasteiger partial charge is 0.726 e. The molecule has 16 N–H and O–H groups in total. The van der Waals surface area contributed by atoms with Crippen LogP contribution in [-0.4, -0.2) is 310 Å². The van der Waals surface area contributed by atoms with Crippen molar-refractivity contribution in [1.82, 2.24) is 0 Å². The summed E-state index contributed by atoms with van der Waals surface area (Å²) >= 11 is 0. The standard InChI is InChI=1S/C61H102O32S.Na/c1-22(2)15-26(64)18-61(8,77)36-10-9-29-28-17-32(31-16-27(93-94(78,79)80)11-13-59(31,6)30(28)12-14-60(29,36)7)85-55-47(75)50(39(67)24(4)83-55)90-57-51(91-53-46(74)43(71)37(65)23(3)82-53)42(70)35(21-81-57)88-58-52(44(72)40(68)33(19-62)87-58)92-56-48(76)49(38(66)25(5)84-56)89-54-45(73)41(69)34(20-63)86-54;/h12,22-29,31-58,62-77H,9-11,13-21H2,1-8H3,(H,78,79,80);/q;+1/p-1/t23-,24-,25-,26+,27+,28+,29+,31-,32+,33-,34+,35-,36+,37-,38+,39-,40+,41+,42+,43+,44+,45-,46-,47-,48-,49+,50+,51-,52-,53+,54+,55+,56+,57+,58+,59-,60+,61+;/m1./s1. The van der Waals surface area contributed by atoms with Crippen molar-refractivity contribution in [2.24, 2.45) is 40.4 Å². The fraction of sp³-hybridized carbons (Fsp3) is 0.967. The van der Waals surface area contributed by atoms with Crippen molar-refractivity contribution in [1.29, 1.82) is 0 Å². The first-order valence-electron chi connectivity index (χ1n) is 33.0. The number of hydrogen-bond acceptors (Lipinski definition) is 32. The van der Waals surface area contributed by atoms with Gasteiger partial charge in [0.15, 0.2) is 37.7 Å². The Hall–Kier alpha value is -0.510. The third-order valence-electron chi connectivity index (χ3n) is 22.3. The van der Waals surface area contributed by atoms with Gasteiger partial charge in [-0.05, 0) is 119 Å². The van der Waals surface area contributed by atoms with Gasteiger partial charge in [-0.2, -0.15) is 0 Å². The van der Waals surface area contributed by atoms with Gasteiger partial charge in [-0.25, -0.2) is 8.42 Å². The van der Waals surface area contributed by atoms with E-state index >= 15 is 0 Å². The summed E-state index contributed by atoms with van der Waals surface area (Å²) in [6.07, 6.45) is -45.6. The summed E-state index contributed by atoms with van der Waals surface area (Å²) in [5.74, 6) is -0.719.